The van der Waals surface area contributed by atoms with Gasteiger partial charge in [0.05, 0.1) is 0 Å². The summed E-state index contributed by atoms with van der Waals surface area (Å²) in [7, 11) is 0. The first-order chi connectivity index (χ1) is 13.5. The summed E-state index contributed by atoms with van der Waals surface area (Å²) in [4.78, 5) is 0. The van der Waals surface area contributed by atoms with Crippen molar-refractivity contribution in [1.29, 1.82) is 0 Å². The summed E-state index contributed by atoms with van der Waals surface area (Å²) in [5.74, 6) is 0.0279. The molecule has 0 nitrogen and oxygen atoms in total. The third-order valence-electron chi connectivity index (χ3n) is 5.99. The van der Waals surface area contributed by atoms with E-state index in [-0.39, 0.29) is 5.92 Å². The number of hydrogen-bond acceptors (Lipinski definition) is 0. The van der Waals surface area contributed by atoms with Crippen LogP contribution in [0.25, 0.3) is 0 Å². The molecule has 3 aromatic carbocycles. The zero-order valence-corrected chi connectivity index (χ0v) is 18.6. The van der Waals surface area contributed by atoms with Crippen molar-refractivity contribution in [2.45, 2.75) is 25.2 Å². The SMILES string of the molecule is F[C@@H]1CC(CP(I)(c2ccccc2)(c2ccccc2)c2ccccc2)C[C@@H]1F. The number of benzene rings is 3. The van der Waals surface area contributed by atoms with E-state index in [1.807, 2.05) is 18.2 Å². The van der Waals surface area contributed by atoms with E-state index < -0.39 is 16.6 Å². The van der Waals surface area contributed by atoms with Crippen molar-refractivity contribution in [1.82, 2.24) is 0 Å². The first-order valence-corrected chi connectivity index (χ1v) is 14.9. The summed E-state index contributed by atoms with van der Waals surface area (Å²) >= 11 is 2.70. The molecule has 1 aliphatic carbocycles. The Morgan fingerprint density at radius 3 is 1.29 bits per heavy atom. The monoisotopic (exact) mass is 508 g/mol. The van der Waals surface area contributed by atoms with Gasteiger partial charge in [-0.1, -0.05) is 0 Å². The van der Waals surface area contributed by atoms with Crippen LogP contribution in [0.15, 0.2) is 91.0 Å². The predicted molar refractivity (Wildman–Crippen MR) is 127 cm³/mol. The average molecular weight is 508 g/mol. The zero-order valence-electron chi connectivity index (χ0n) is 15.6. The van der Waals surface area contributed by atoms with Gasteiger partial charge in [-0.05, 0) is 0 Å². The van der Waals surface area contributed by atoms with E-state index in [4.69, 9.17) is 0 Å². The number of hydrogen-bond donors (Lipinski definition) is 0. The van der Waals surface area contributed by atoms with Crippen LogP contribution < -0.4 is 15.9 Å². The van der Waals surface area contributed by atoms with Crippen molar-refractivity contribution < 1.29 is 8.78 Å². The molecule has 1 aliphatic rings. The van der Waals surface area contributed by atoms with Crippen LogP contribution in [0.5, 0.6) is 0 Å². The normalized spacial score (nSPS) is 23.8. The van der Waals surface area contributed by atoms with Crippen LogP contribution in [0.1, 0.15) is 12.8 Å². The first kappa shape index (κ1) is 20.0. The number of rotatable bonds is 5. The Kier molecular flexibility index (Phi) is 5.59. The second-order valence-electron chi connectivity index (χ2n) is 7.74. The number of halogens is 3. The van der Waals surface area contributed by atoms with E-state index in [2.05, 4.69) is 94.8 Å². The molecule has 1 saturated carbocycles. The summed E-state index contributed by atoms with van der Waals surface area (Å²) in [6.07, 6.45) is -1.26. The molecule has 4 rings (SSSR count). The summed E-state index contributed by atoms with van der Waals surface area (Å²) in [5.41, 5.74) is 0. The second kappa shape index (κ2) is 7.84. The molecule has 146 valence electrons. The molecule has 0 aliphatic heterocycles. The third kappa shape index (κ3) is 3.31. The minimum atomic E-state index is -2.93. The second-order valence-corrected chi connectivity index (χ2v) is 18.4. The third-order valence-corrected chi connectivity index (χ3v) is 17.5. The Morgan fingerprint density at radius 2 is 0.964 bits per heavy atom. The molecule has 0 saturated heterocycles. The molecule has 0 amide bonds. The molecule has 0 heterocycles. The summed E-state index contributed by atoms with van der Waals surface area (Å²) < 4.78 is 25.3. The van der Waals surface area contributed by atoms with Crippen LogP contribution in [0.3, 0.4) is 0 Å². The van der Waals surface area contributed by atoms with Crippen molar-refractivity contribution >= 4 is 42.2 Å². The molecule has 28 heavy (non-hydrogen) atoms. The summed E-state index contributed by atoms with van der Waals surface area (Å²) in [6, 6.07) is 31.7. The minimum absolute atomic E-state index is 0.0279. The van der Waals surface area contributed by atoms with Gasteiger partial charge < -0.3 is 0 Å². The molecule has 0 aromatic heterocycles. The molecule has 3 atom stereocenters. The molecule has 1 fully saturated rings. The standard InChI is InChI=1S/C24H24F2IP/c25-23-16-19(17-24(23)26)18-28(27,20-10-4-1-5-11-20,21-12-6-2-7-13-21)22-14-8-3-9-15-22/h1-15,19,23-24H,16-18H2/t19?,23-,24+. The van der Waals surface area contributed by atoms with Gasteiger partial charge in [-0.15, -0.1) is 0 Å². The van der Waals surface area contributed by atoms with Gasteiger partial charge in [-0.25, -0.2) is 0 Å². The van der Waals surface area contributed by atoms with Crippen LogP contribution in [-0.4, -0.2) is 18.5 Å². The van der Waals surface area contributed by atoms with E-state index in [0.717, 1.165) is 6.16 Å². The van der Waals surface area contributed by atoms with E-state index in [1.165, 1.54) is 15.9 Å². The van der Waals surface area contributed by atoms with Gasteiger partial charge in [0.25, 0.3) is 0 Å². The van der Waals surface area contributed by atoms with Crippen molar-refractivity contribution in [3.63, 3.8) is 0 Å². The Bertz CT molecular complexity index is 808. The molecular formula is C24H24F2IP. The molecule has 4 heteroatoms. The van der Waals surface area contributed by atoms with Crippen molar-refractivity contribution in [2.75, 3.05) is 6.16 Å². The van der Waals surface area contributed by atoms with Crippen molar-refractivity contribution in [3.05, 3.63) is 91.0 Å². The summed E-state index contributed by atoms with van der Waals surface area (Å²) in [6.45, 7) is 0. The molecule has 0 N–H and O–H groups in total. The van der Waals surface area contributed by atoms with Crippen molar-refractivity contribution in [3.8, 4) is 0 Å². The molecule has 0 spiro atoms. The van der Waals surface area contributed by atoms with Gasteiger partial charge in [-0.2, -0.15) is 0 Å². The van der Waals surface area contributed by atoms with E-state index in [9.17, 15) is 8.78 Å². The van der Waals surface area contributed by atoms with Crippen molar-refractivity contribution in [2.24, 2.45) is 5.92 Å². The van der Waals surface area contributed by atoms with Crippen LogP contribution in [0.2, 0.25) is 0 Å². The molecule has 1 unspecified atom stereocenters. The molecule has 3 aromatic rings. The fourth-order valence-corrected chi connectivity index (χ4v) is 14.4. The quantitative estimate of drug-likeness (QED) is 0.295. The Morgan fingerprint density at radius 1 is 0.643 bits per heavy atom. The van der Waals surface area contributed by atoms with Crippen LogP contribution in [0.4, 0.5) is 8.78 Å². The van der Waals surface area contributed by atoms with Gasteiger partial charge in [-0.3, -0.25) is 0 Å². The van der Waals surface area contributed by atoms with E-state index in [0.29, 0.717) is 12.8 Å². The fraction of sp³-hybridized carbons (Fsp3) is 0.250. The van der Waals surface area contributed by atoms with E-state index >= 15 is 0 Å². The maximum atomic E-state index is 14.1. The molecule has 0 radical (unpaired) electrons. The van der Waals surface area contributed by atoms with Gasteiger partial charge in [0.15, 0.2) is 0 Å². The first-order valence-electron chi connectivity index (χ1n) is 9.70. The Balaban J connectivity index is 1.98. The topological polar surface area (TPSA) is 0 Å². The van der Waals surface area contributed by atoms with E-state index in [1.54, 1.807) is 0 Å². The average Bonchev–Trinajstić information content (AvgIpc) is 3.06. The van der Waals surface area contributed by atoms with Gasteiger partial charge in [0, 0.05) is 0 Å². The fourth-order valence-electron chi connectivity index (χ4n) is 4.64. The molecular weight excluding hydrogens is 484 g/mol. The Hall–Kier alpha value is -1.32. The predicted octanol–water partition coefficient (Wildman–Crippen LogP) is 5.95. The van der Waals surface area contributed by atoms with Crippen LogP contribution in [-0.2, 0) is 0 Å². The molecule has 0 bridgehead atoms. The van der Waals surface area contributed by atoms with Crippen LogP contribution >= 0.6 is 26.3 Å². The maximum absolute atomic E-state index is 14.1. The van der Waals surface area contributed by atoms with Crippen LogP contribution in [0, 0.1) is 5.92 Å². The van der Waals surface area contributed by atoms with Gasteiger partial charge >= 0.3 is 179 Å². The summed E-state index contributed by atoms with van der Waals surface area (Å²) in [5, 5.41) is 3.80. The van der Waals surface area contributed by atoms with Gasteiger partial charge in [0.1, 0.15) is 0 Å². The zero-order chi connectivity index (χ0) is 19.6. The number of alkyl halides is 2. The van der Waals surface area contributed by atoms with Gasteiger partial charge in [0.2, 0.25) is 0 Å². The Labute approximate surface area is 178 Å².